The topological polar surface area (TPSA) is 76.6 Å². The summed E-state index contributed by atoms with van der Waals surface area (Å²) in [6.07, 6.45) is -0.576. The van der Waals surface area contributed by atoms with Crippen molar-refractivity contribution in [3.63, 3.8) is 0 Å². The van der Waals surface area contributed by atoms with Gasteiger partial charge in [0.1, 0.15) is 36.3 Å². The lowest BCUT2D eigenvalue weighted by Crippen LogP contribution is -3.16. The smallest absolute Gasteiger partial charge is 0.336 e. The second-order valence-electron chi connectivity index (χ2n) is 7.98. The first-order valence-electron chi connectivity index (χ1n) is 10.6. The lowest BCUT2D eigenvalue weighted by Gasteiger charge is -2.35. The lowest BCUT2D eigenvalue weighted by molar-refractivity contribution is -0.903. The van der Waals surface area contributed by atoms with Crippen LogP contribution in [0.2, 0.25) is 0 Å². The Morgan fingerprint density at radius 1 is 1.16 bits per heavy atom. The molecule has 0 unspecified atom stereocenters. The highest BCUT2D eigenvalue weighted by atomic mass is 16.5. The van der Waals surface area contributed by atoms with Crippen LogP contribution in [0.15, 0.2) is 57.7 Å². The first-order valence-corrected chi connectivity index (χ1v) is 10.6. The third-order valence-electron chi connectivity index (χ3n) is 5.79. The van der Waals surface area contributed by atoms with Crippen LogP contribution in [0.4, 0.5) is 5.69 Å². The Morgan fingerprint density at radius 3 is 2.71 bits per heavy atom. The van der Waals surface area contributed by atoms with Gasteiger partial charge in [-0.2, -0.15) is 0 Å². The van der Waals surface area contributed by atoms with Crippen molar-refractivity contribution in [2.24, 2.45) is 0 Å². The molecule has 2 heterocycles. The number of para-hydroxylation sites is 2. The van der Waals surface area contributed by atoms with Gasteiger partial charge < -0.3 is 28.8 Å². The number of quaternary nitrogens is 1. The number of ether oxygens (including phenoxy) is 2. The summed E-state index contributed by atoms with van der Waals surface area (Å²) in [5, 5.41) is 11.4. The molecule has 0 aliphatic carbocycles. The molecule has 0 saturated carbocycles. The molecule has 1 fully saturated rings. The fourth-order valence-corrected chi connectivity index (χ4v) is 4.14. The zero-order chi connectivity index (χ0) is 21.8. The van der Waals surface area contributed by atoms with Crippen molar-refractivity contribution in [3.8, 4) is 11.5 Å². The minimum atomic E-state index is -0.576. The largest absolute Gasteiger partial charge is 0.495 e. The van der Waals surface area contributed by atoms with Crippen LogP contribution < -0.4 is 24.9 Å². The number of rotatable bonds is 7. The van der Waals surface area contributed by atoms with E-state index in [0.29, 0.717) is 17.9 Å². The molecule has 1 saturated heterocycles. The van der Waals surface area contributed by atoms with E-state index in [0.717, 1.165) is 48.6 Å². The molecule has 1 atom stereocenters. The van der Waals surface area contributed by atoms with Gasteiger partial charge in [-0.15, -0.1) is 0 Å². The summed E-state index contributed by atoms with van der Waals surface area (Å²) < 4.78 is 16.5. The second-order valence-corrected chi connectivity index (χ2v) is 7.98. The number of fused-ring (bicyclic) bond motifs is 1. The van der Waals surface area contributed by atoms with E-state index in [1.165, 1.54) is 11.0 Å². The van der Waals surface area contributed by atoms with Crippen LogP contribution in [0.25, 0.3) is 11.0 Å². The van der Waals surface area contributed by atoms with Crippen molar-refractivity contribution in [2.45, 2.75) is 13.0 Å². The summed E-state index contributed by atoms with van der Waals surface area (Å²) in [5.41, 5.74) is 2.10. The van der Waals surface area contributed by atoms with Gasteiger partial charge in [0.25, 0.3) is 0 Å². The molecular weight excluding hydrogens is 396 g/mol. The van der Waals surface area contributed by atoms with Gasteiger partial charge in [-0.05, 0) is 36.8 Å². The molecule has 7 heteroatoms. The van der Waals surface area contributed by atoms with E-state index in [1.807, 2.05) is 37.3 Å². The van der Waals surface area contributed by atoms with Gasteiger partial charge in [0.2, 0.25) is 0 Å². The maximum absolute atomic E-state index is 11.6. The van der Waals surface area contributed by atoms with Crippen LogP contribution >= 0.6 is 0 Å². The summed E-state index contributed by atoms with van der Waals surface area (Å²) >= 11 is 0. The molecule has 4 rings (SSSR count). The number of hydrogen-bond donors (Lipinski definition) is 2. The van der Waals surface area contributed by atoms with E-state index in [4.69, 9.17) is 13.9 Å². The van der Waals surface area contributed by atoms with E-state index < -0.39 is 6.10 Å². The highest BCUT2D eigenvalue weighted by molar-refractivity contribution is 5.81. The Kier molecular flexibility index (Phi) is 6.44. The molecule has 0 amide bonds. The van der Waals surface area contributed by atoms with Crippen molar-refractivity contribution in [1.82, 2.24) is 0 Å². The Labute approximate surface area is 181 Å². The summed E-state index contributed by atoms with van der Waals surface area (Å²) in [5.74, 6) is 1.47. The van der Waals surface area contributed by atoms with E-state index in [1.54, 1.807) is 13.2 Å². The summed E-state index contributed by atoms with van der Waals surface area (Å²) in [7, 11) is 1.70. The van der Waals surface area contributed by atoms with E-state index in [-0.39, 0.29) is 12.2 Å². The maximum Gasteiger partial charge on any atom is 0.336 e. The molecule has 1 aliphatic rings. The van der Waals surface area contributed by atoms with Gasteiger partial charge in [-0.3, -0.25) is 0 Å². The van der Waals surface area contributed by atoms with Gasteiger partial charge in [-0.1, -0.05) is 12.1 Å². The van der Waals surface area contributed by atoms with Crippen LogP contribution in [0, 0.1) is 6.92 Å². The lowest BCUT2D eigenvalue weighted by atomic mass is 10.1. The number of aliphatic hydroxyl groups excluding tert-OH is 1. The monoisotopic (exact) mass is 425 g/mol. The first-order chi connectivity index (χ1) is 15.0. The third-order valence-corrected chi connectivity index (χ3v) is 5.79. The predicted octanol–water partition coefficient (Wildman–Crippen LogP) is 1.25. The van der Waals surface area contributed by atoms with Crippen molar-refractivity contribution in [3.05, 3.63) is 64.5 Å². The maximum atomic E-state index is 11.6. The molecule has 1 aliphatic heterocycles. The fourth-order valence-electron chi connectivity index (χ4n) is 4.14. The summed E-state index contributed by atoms with van der Waals surface area (Å²) in [4.78, 5) is 15.3. The molecule has 164 valence electrons. The molecule has 31 heavy (non-hydrogen) atoms. The second kappa shape index (κ2) is 9.41. The summed E-state index contributed by atoms with van der Waals surface area (Å²) in [6.45, 7) is 6.40. The molecule has 7 nitrogen and oxygen atoms in total. The number of methoxy groups -OCH3 is 1. The quantitative estimate of drug-likeness (QED) is 0.555. The average molecular weight is 426 g/mol. The highest BCUT2D eigenvalue weighted by Crippen LogP contribution is 2.27. The SMILES string of the molecule is COc1ccccc1N1CC[NH+](C[C@@H](O)COc2ccc3c(C)cc(=O)oc3c2)CC1. The van der Waals surface area contributed by atoms with Crippen molar-refractivity contribution in [1.29, 1.82) is 0 Å². The van der Waals surface area contributed by atoms with Crippen LogP contribution in [0.1, 0.15) is 5.56 Å². The first kappa shape index (κ1) is 21.2. The van der Waals surface area contributed by atoms with Gasteiger partial charge in [-0.25, -0.2) is 4.79 Å². The Bertz CT molecular complexity index is 1090. The highest BCUT2D eigenvalue weighted by Gasteiger charge is 2.24. The number of hydrogen-bond acceptors (Lipinski definition) is 6. The number of nitrogens with one attached hydrogen (secondary N) is 1. The van der Waals surface area contributed by atoms with Crippen LogP contribution in [0.5, 0.6) is 11.5 Å². The minimum absolute atomic E-state index is 0.196. The number of aliphatic hydroxyl groups is 1. The number of nitrogens with zero attached hydrogens (tertiary/aromatic N) is 1. The number of piperazine rings is 1. The van der Waals surface area contributed by atoms with Crippen molar-refractivity contribution < 1.29 is 23.9 Å². The molecule has 3 aromatic rings. The molecule has 0 spiro atoms. The number of aryl methyl sites for hydroxylation is 1. The van der Waals surface area contributed by atoms with Crippen molar-refractivity contribution >= 4 is 16.7 Å². The van der Waals surface area contributed by atoms with Gasteiger partial charge >= 0.3 is 5.63 Å². The average Bonchev–Trinajstić information content (AvgIpc) is 2.78. The van der Waals surface area contributed by atoms with Gasteiger partial charge in [0.15, 0.2) is 0 Å². The van der Waals surface area contributed by atoms with E-state index in [2.05, 4.69) is 11.0 Å². The van der Waals surface area contributed by atoms with Crippen LogP contribution in [0.3, 0.4) is 0 Å². The molecule has 2 N–H and O–H groups in total. The van der Waals surface area contributed by atoms with Crippen LogP contribution in [-0.4, -0.2) is 57.7 Å². The van der Waals surface area contributed by atoms with Crippen LogP contribution in [-0.2, 0) is 0 Å². The predicted molar refractivity (Wildman–Crippen MR) is 119 cm³/mol. The van der Waals surface area contributed by atoms with Crippen molar-refractivity contribution in [2.75, 3.05) is 51.3 Å². The zero-order valence-electron chi connectivity index (χ0n) is 18.0. The fraction of sp³-hybridized carbons (Fsp3) is 0.375. The Hall–Kier alpha value is -3.03. The Morgan fingerprint density at radius 2 is 1.94 bits per heavy atom. The summed E-state index contributed by atoms with van der Waals surface area (Å²) in [6, 6.07) is 15.0. The van der Waals surface area contributed by atoms with Gasteiger partial charge in [0, 0.05) is 17.5 Å². The zero-order valence-corrected chi connectivity index (χ0v) is 18.0. The number of anilines is 1. The molecule has 1 aromatic heterocycles. The molecular formula is C24H29N2O5+. The van der Waals surface area contributed by atoms with E-state index >= 15 is 0 Å². The molecule has 0 bridgehead atoms. The molecule has 2 aromatic carbocycles. The molecule has 0 radical (unpaired) electrons. The number of benzene rings is 2. The van der Waals surface area contributed by atoms with Gasteiger partial charge in [0.05, 0.1) is 39.0 Å². The normalized spacial score (nSPS) is 15.8. The minimum Gasteiger partial charge on any atom is -0.495 e. The Balaban J connectivity index is 1.28. The van der Waals surface area contributed by atoms with E-state index in [9.17, 15) is 9.90 Å². The third kappa shape index (κ3) is 5.00. The standard InChI is InChI=1S/C24H28N2O5/c1-17-13-24(28)31-23-14-19(7-8-20(17)23)30-16-18(27)15-25-9-11-26(12-10-25)21-5-3-4-6-22(21)29-2/h3-8,13-14,18,27H,9-12,15-16H2,1-2H3/p+1/t18-/m1/s1.